The Balaban J connectivity index is 2.20. The lowest BCUT2D eigenvalue weighted by molar-refractivity contribution is -0.127. The van der Waals surface area contributed by atoms with Gasteiger partial charge in [0.15, 0.2) is 0 Å². The number of carbonyl (C=O) groups excluding carboxylic acids is 1. The van der Waals surface area contributed by atoms with Gasteiger partial charge in [-0.05, 0) is 44.4 Å². The monoisotopic (exact) mass is 294 g/mol. The van der Waals surface area contributed by atoms with Gasteiger partial charge in [0.1, 0.15) is 0 Å². The highest BCUT2D eigenvalue weighted by Gasteiger charge is 2.38. The van der Waals surface area contributed by atoms with Crippen molar-refractivity contribution < 1.29 is 4.79 Å². The minimum atomic E-state index is -0.293. The highest BCUT2D eigenvalue weighted by molar-refractivity contribution is 6.34. The van der Waals surface area contributed by atoms with Crippen molar-refractivity contribution in [3.8, 4) is 0 Å². The normalized spacial score (nSPS) is 22.6. The third-order valence-electron chi connectivity index (χ3n) is 4.14. The number of para-hydroxylation sites is 1. The van der Waals surface area contributed by atoms with Crippen LogP contribution in [0.3, 0.4) is 0 Å². The van der Waals surface area contributed by atoms with Crippen LogP contribution in [0.1, 0.15) is 38.2 Å². The first-order valence-corrected chi connectivity index (χ1v) is 7.74. The van der Waals surface area contributed by atoms with E-state index in [4.69, 9.17) is 11.6 Å². The lowest BCUT2D eigenvalue weighted by Crippen LogP contribution is -2.48. The van der Waals surface area contributed by atoms with Crippen LogP contribution in [-0.2, 0) is 4.79 Å². The number of benzene rings is 1. The molecule has 4 heteroatoms. The molecule has 1 aliphatic heterocycles. The van der Waals surface area contributed by atoms with Gasteiger partial charge in [-0.15, -0.1) is 0 Å². The summed E-state index contributed by atoms with van der Waals surface area (Å²) in [7, 11) is 0. The second-order valence-electron chi connectivity index (χ2n) is 5.70. The van der Waals surface area contributed by atoms with E-state index < -0.39 is 0 Å². The first-order valence-electron chi connectivity index (χ1n) is 7.36. The first-order chi connectivity index (χ1) is 9.59. The molecule has 1 aromatic carbocycles. The van der Waals surface area contributed by atoms with Crippen LogP contribution in [0, 0.1) is 12.3 Å². The molecule has 0 aliphatic carbocycles. The van der Waals surface area contributed by atoms with Gasteiger partial charge in [0.2, 0.25) is 5.91 Å². The van der Waals surface area contributed by atoms with Gasteiger partial charge in [-0.2, -0.15) is 0 Å². The summed E-state index contributed by atoms with van der Waals surface area (Å²) in [5.74, 6) is 0.0998. The average Bonchev–Trinajstić information content (AvgIpc) is 2.44. The van der Waals surface area contributed by atoms with Gasteiger partial charge < -0.3 is 10.6 Å². The number of nitrogens with one attached hydrogen (secondary N) is 2. The molecule has 1 fully saturated rings. The van der Waals surface area contributed by atoms with E-state index >= 15 is 0 Å². The van der Waals surface area contributed by atoms with Crippen molar-refractivity contribution in [1.29, 1.82) is 0 Å². The van der Waals surface area contributed by atoms with Crippen LogP contribution in [0.5, 0.6) is 0 Å². The molecule has 1 heterocycles. The Kier molecular flexibility index (Phi) is 5.06. The van der Waals surface area contributed by atoms with Crippen molar-refractivity contribution in [2.45, 2.75) is 39.5 Å². The number of aryl methyl sites for hydroxylation is 1. The second-order valence-corrected chi connectivity index (χ2v) is 6.10. The number of hydrogen-bond donors (Lipinski definition) is 2. The molecule has 2 rings (SSSR count). The zero-order valence-electron chi connectivity index (χ0n) is 12.3. The van der Waals surface area contributed by atoms with Crippen molar-refractivity contribution in [3.05, 3.63) is 28.8 Å². The first kappa shape index (κ1) is 15.3. The Morgan fingerprint density at radius 2 is 2.30 bits per heavy atom. The quantitative estimate of drug-likeness (QED) is 0.888. The standard InChI is InChI=1S/C16H23ClN2O/c1-3-8-16(9-5-10-18-11-16)15(20)19-14-12(2)6-4-7-13(14)17/h4,6-7,18H,3,5,8-11H2,1-2H3,(H,19,20). The van der Waals surface area contributed by atoms with Gasteiger partial charge in [-0.25, -0.2) is 0 Å². The Bertz CT molecular complexity index is 456. The maximum Gasteiger partial charge on any atom is 0.231 e. The van der Waals surface area contributed by atoms with Gasteiger partial charge in [0, 0.05) is 6.54 Å². The van der Waals surface area contributed by atoms with E-state index in [0.29, 0.717) is 5.02 Å². The number of hydrogen-bond acceptors (Lipinski definition) is 2. The molecule has 0 radical (unpaired) electrons. The number of rotatable bonds is 4. The second kappa shape index (κ2) is 6.59. The Labute approximate surface area is 126 Å². The summed E-state index contributed by atoms with van der Waals surface area (Å²) >= 11 is 6.20. The van der Waals surface area contributed by atoms with E-state index in [0.717, 1.165) is 50.0 Å². The molecule has 110 valence electrons. The molecule has 0 saturated carbocycles. The molecular weight excluding hydrogens is 272 g/mol. The lowest BCUT2D eigenvalue weighted by atomic mass is 9.76. The molecule has 1 saturated heterocycles. The number of piperidine rings is 1. The van der Waals surface area contributed by atoms with Crippen LogP contribution in [-0.4, -0.2) is 19.0 Å². The van der Waals surface area contributed by atoms with Crippen molar-refractivity contribution in [2.24, 2.45) is 5.41 Å². The molecule has 3 nitrogen and oxygen atoms in total. The number of carbonyl (C=O) groups is 1. The Hall–Kier alpha value is -1.06. The summed E-state index contributed by atoms with van der Waals surface area (Å²) < 4.78 is 0. The average molecular weight is 295 g/mol. The fourth-order valence-corrected chi connectivity index (χ4v) is 3.27. The van der Waals surface area contributed by atoms with E-state index in [-0.39, 0.29) is 11.3 Å². The van der Waals surface area contributed by atoms with Crippen molar-refractivity contribution in [2.75, 3.05) is 18.4 Å². The van der Waals surface area contributed by atoms with Gasteiger partial charge in [0.25, 0.3) is 0 Å². The van der Waals surface area contributed by atoms with E-state index in [9.17, 15) is 4.79 Å². The summed E-state index contributed by atoms with van der Waals surface area (Å²) in [5, 5.41) is 7.03. The third-order valence-corrected chi connectivity index (χ3v) is 4.46. The maximum absolute atomic E-state index is 12.8. The Morgan fingerprint density at radius 1 is 1.50 bits per heavy atom. The van der Waals surface area contributed by atoms with E-state index in [1.54, 1.807) is 0 Å². The van der Waals surface area contributed by atoms with E-state index in [1.165, 1.54) is 0 Å². The predicted octanol–water partition coefficient (Wildman–Crippen LogP) is 3.76. The van der Waals surface area contributed by atoms with E-state index in [2.05, 4.69) is 17.6 Å². The zero-order chi connectivity index (χ0) is 14.6. The third kappa shape index (κ3) is 3.15. The molecule has 1 aromatic rings. The van der Waals surface area contributed by atoms with Crippen LogP contribution in [0.25, 0.3) is 0 Å². The molecular formula is C16H23ClN2O. The molecule has 1 unspecified atom stereocenters. The summed E-state index contributed by atoms with van der Waals surface area (Å²) in [6, 6.07) is 5.68. The van der Waals surface area contributed by atoms with Crippen LogP contribution >= 0.6 is 11.6 Å². The van der Waals surface area contributed by atoms with Crippen molar-refractivity contribution in [3.63, 3.8) is 0 Å². The summed E-state index contributed by atoms with van der Waals surface area (Å²) in [6.45, 7) is 5.86. The fourth-order valence-electron chi connectivity index (χ4n) is 3.00. The SMILES string of the molecule is CCCC1(C(=O)Nc2c(C)cccc2Cl)CCCNC1. The van der Waals surface area contributed by atoms with Gasteiger partial charge in [-0.1, -0.05) is 37.1 Å². The minimum Gasteiger partial charge on any atom is -0.324 e. The number of anilines is 1. The smallest absolute Gasteiger partial charge is 0.231 e. The summed E-state index contributed by atoms with van der Waals surface area (Å²) in [6.07, 6.45) is 3.92. The zero-order valence-corrected chi connectivity index (χ0v) is 13.0. The predicted molar refractivity (Wildman–Crippen MR) is 84.3 cm³/mol. The van der Waals surface area contributed by atoms with Crippen LogP contribution < -0.4 is 10.6 Å². The van der Waals surface area contributed by atoms with Gasteiger partial charge >= 0.3 is 0 Å². The molecule has 20 heavy (non-hydrogen) atoms. The topological polar surface area (TPSA) is 41.1 Å². The lowest BCUT2D eigenvalue weighted by Gasteiger charge is -2.36. The summed E-state index contributed by atoms with van der Waals surface area (Å²) in [5.41, 5.74) is 1.46. The van der Waals surface area contributed by atoms with Gasteiger partial charge in [0.05, 0.1) is 16.1 Å². The highest BCUT2D eigenvalue weighted by atomic mass is 35.5. The molecule has 0 aromatic heterocycles. The molecule has 1 atom stereocenters. The molecule has 1 aliphatic rings. The summed E-state index contributed by atoms with van der Waals surface area (Å²) in [4.78, 5) is 12.8. The molecule has 0 bridgehead atoms. The van der Waals surface area contributed by atoms with Crippen LogP contribution in [0.15, 0.2) is 18.2 Å². The van der Waals surface area contributed by atoms with Gasteiger partial charge in [-0.3, -0.25) is 4.79 Å². The van der Waals surface area contributed by atoms with E-state index in [1.807, 2.05) is 25.1 Å². The number of amides is 1. The van der Waals surface area contributed by atoms with Crippen LogP contribution in [0.2, 0.25) is 5.02 Å². The molecule has 1 amide bonds. The van der Waals surface area contributed by atoms with Crippen LogP contribution in [0.4, 0.5) is 5.69 Å². The molecule has 0 spiro atoms. The number of halogens is 1. The largest absolute Gasteiger partial charge is 0.324 e. The minimum absolute atomic E-state index is 0.0998. The molecule has 2 N–H and O–H groups in total. The van der Waals surface area contributed by atoms with Crippen molar-refractivity contribution in [1.82, 2.24) is 5.32 Å². The Morgan fingerprint density at radius 3 is 2.90 bits per heavy atom. The maximum atomic E-state index is 12.8. The van der Waals surface area contributed by atoms with Crippen molar-refractivity contribution >= 4 is 23.2 Å². The fraction of sp³-hybridized carbons (Fsp3) is 0.562. The highest BCUT2D eigenvalue weighted by Crippen LogP contribution is 2.34.